The van der Waals surface area contributed by atoms with Crippen molar-refractivity contribution in [3.63, 3.8) is 0 Å². The van der Waals surface area contributed by atoms with Crippen LogP contribution in [0.2, 0.25) is 0 Å². The van der Waals surface area contributed by atoms with Crippen LogP contribution < -0.4 is 16.4 Å². The molecule has 0 radical (unpaired) electrons. The van der Waals surface area contributed by atoms with Gasteiger partial charge >= 0.3 is 0 Å². The molecule has 0 aliphatic heterocycles. The number of hydrogen-bond donors (Lipinski definition) is 3. The molecule has 6 nitrogen and oxygen atoms in total. The van der Waals surface area contributed by atoms with Gasteiger partial charge in [0.25, 0.3) is 5.91 Å². The molecule has 0 aliphatic carbocycles. The van der Waals surface area contributed by atoms with Crippen LogP contribution in [-0.2, 0) is 4.79 Å². The van der Waals surface area contributed by atoms with Gasteiger partial charge in [-0.25, -0.2) is 0 Å². The summed E-state index contributed by atoms with van der Waals surface area (Å²) in [6, 6.07) is 2.72. The number of nitrogens with two attached hydrogens (primary N) is 1. The summed E-state index contributed by atoms with van der Waals surface area (Å²) in [5.41, 5.74) is 5.72. The van der Waals surface area contributed by atoms with Crippen molar-refractivity contribution in [2.45, 2.75) is 26.3 Å². The molecule has 1 atom stereocenters. The summed E-state index contributed by atoms with van der Waals surface area (Å²) in [6.45, 7) is 4.70. The molecule has 0 bridgehead atoms. The normalized spacial score (nSPS) is 12.2. The summed E-state index contributed by atoms with van der Waals surface area (Å²) < 4.78 is 4.94. The SMILES string of the molecule is CC(C)C[C@H](N)C(=O)NCCNC(=O)c1ccco1. The van der Waals surface area contributed by atoms with Crippen molar-refractivity contribution in [1.82, 2.24) is 10.6 Å². The largest absolute Gasteiger partial charge is 0.459 e. The molecule has 0 saturated carbocycles. The first kappa shape index (κ1) is 15.2. The molecule has 0 unspecified atom stereocenters. The van der Waals surface area contributed by atoms with E-state index >= 15 is 0 Å². The highest BCUT2D eigenvalue weighted by atomic mass is 16.3. The Labute approximate surface area is 112 Å². The zero-order valence-corrected chi connectivity index (χ0v) is 11.3. The molecule has 0 spiro atoms. The van der Waals surface area contributed by atoms with E-state index in [1.54, 1.807) is 12.1 Å². The predicted molar refractivity (Wildman–Crippen MR) is 71.5 cm³/mol. The first-order chi connectivity index (χ1) is 9.00. The number of carbonyl (C=O) groups excluding carboxylic acids is 2. The molecule has 19 heavy (non-hydrogen) atoms. The molecule has 1 rings (SSSR count). The molecule has 4 N–H and O–H groups in total. The van der Waals surface area contributed by atoms with Crippen LogP contribution in [0, 0.1) is 5.92 Å². The minimum atomic E-state index is -0.499. The molecular weight excluding hydrogens is 246 g/mol. The van der Waals surface area contributed by atoms with E-state index in [4.69, 9.17) is 10.2 Å². The number of carbonyl (C=O) groups is 2. The van der Waals surface area contributed by atoms with Crippen LogP contribution in [0.5, 0.6) is 0 Å². The average Bonchev–Trinajstić information content (AvgIpc) is 2.86. The third kappa shape index (κ3) is 5.56. The summed E-state index contributed by atoms with van der Waals surface area (Å²) in [7, 11) is 0. The van der Waals surface area contributed by atoms with Crippen molar-refractivity contribution in [1.29, 1.82) is 0 Å². The first-order valence-corrected chi connectivity index (χ1v) is 6.35. The summed E-state index contributed by atoms with van der Waals surface area (Å²) in [5, 5.41) is 5.31. The summed E-state index contributed by atoms with van der Waals surface area (Å²) in [5.74, 6) is 0.133. The Bertz CT molecular complexity index is 401. The van der Waals surface area contributed by atoms with E-state index in [0.717, 1.165) is 0 Å². The Morgan fingerprint density at radius 2 is 2.00 bits per heavy atom. The maximum atomic E-state index is 11.6. The zero-order valence-electron chi connectivity index (χ0n) is 11.3. The first-order valence-electron chi connectivity index (χ1n) is 6.35. The second-order valence-corrected chi connectivity index (χ2v) is 4.76. The van der Waals surface area contributed by atoms with Crippen molar-refractivity contribution >= 4 is 11.8 Å². The molecule has 1 aromatic rings. The van der Waals surface area contributed by atoms with Crippen LogP contribution in [-0.4, -0.2) is 30.9 Å². The highest BCUT2D eigenvalue weighted by Crippen LogP contribution is 2.02. The van der Waals surface area contributed by atoms with Crippen LogP contribution in [0.3, 0.4) is 0 Å². The summed E-state index contributed by atoms with van der Waals surface area (Å²) in [4.78, 5) is 23.1. The molecule has 2 amide bonds. The quantitative estimate of drug-likeness (QED) is 0.627. The van der Waals surface area contributed by atoms with Gasteiger partial charge in [-0.05, 0) is 24.5 Å². The van der Waals surface area contributed by atoms with Gasteiger partial charge in [-0.1, -0.05) is 13.8 Å². The van der Waals surface area contributed by atoms with E-state index in [1.807, 2.05) is 13.8 Å². The Balaban J connectivity index is 2.17. The molecule has 0 saturated heterocycles. The molecule has 6 heteroatoms. The Morgan fingerprint density at radius 3 is 2.58 bits per heavy atom. The fraction of sp³-hybridized carbons (Fsp3) is 0.538. The van der Waals surface area contributed by atoms with Gasteiger partial charge in [0.05, 0.1) is 12.3 Å². The number of nitrogens with one attached hydrogen (secondary N) is 2. The van der Waals surface area contributed by atoms with Crippen molar-refractivity contribution in [2.24, 2.45) is 11.7 Å². The van der Waals surface area contributed by atoms with E-state index < -0.39 is 6.04 Å². The van der Waals surface area contributed by atoms with Crippen LogP contribution in [0.15, 0.2) is 22.8 Å². The fourth-order valence-corrected chi connectivity index (χ4v) is 1.60. The topological polar surface area (TPSA) is 97.4 Å². The highest BCUT2D eigenvalue weighted by Gasteiger charge is 2.14. The number of hydrogen-bond acceptors (Lipinski definition) is 4. The van der Waals surface area contributed by atoms with Gasteiger partial charge in [0.2, 0.25) is 5.91 Å². The summed E-state index contributed by atoms with van der Waals surface area (Å²) >= 11 is 0. The van der Waals surface area contributed by atoms with Crippen molar-refractivity contribution in [3.05, 3.63) is 24.2 Å². The minimum absolute atomic E-state index is 0.194. The van der Waals surface area contributed by atoms with Crippen LogP contribution in [0.4, 0.5) is 0 Å². The van der Waals surface area contributed by atoms with Gasteiger partial charge in [-0.2, -0.15) is 0 Å². The predicted octanol–water partition coefficient (Wildman–Crippen LogP) is 0.499. The van der Waals surface area contributed by atoms with Crippen molar-refractivity contribution < 1.29 is 14.0 Å². The number of furan rings is 1. The van der Waals surface area contributed by atoms with Crippen LogP contribution >= 0.6 is 0 Å². The highest BCUT2D eigenvalue weighted by molar-refractivity contribution is 5.91. The molecular formula is C13H21N3O3. The lowest BCUT2D eigenvalue weighted by Crippen LogP contribution is -2.44. The monoisotopic (exact) mass is 267 g/mol. The Kier molecular flexibility index (Phi) is 6.08. The Morgan fingerprint density at radius 1 is 1.32 bits per heavy atom. The van der Waals surface area contributed by atoms with Gasteiger partial charge in [0.15, 0.2) is 5.76 Å². The zero-order chi connectivity index (χ0) is 14.3. The van der Waals surface area contributed by atoms with Gasteiger partial charge < -0.3 is 20.8 Å². The van der Waals surface area contributed by atoms with Crippen molar-refractivity contribution in [2.75, 3.05) is 13.1 Å². The molecule has 0 aromatic carbocycles. The smallest absolute Gasteiger partial charge is 0.287 e. The van der Waals surface area contributed by atoms with Crippen LogP contribution in [0.25, 0.3) is 0 Å². The lowest BCUT2D eigenvalue weighted by molar-refractivity contribution is -0.122. The second-order valence-electron chi connectivity index (χ2n) is 4.76. The fourth-order valence-electron chi connectivity index (χ4n) is 1.60. The van der Waals surface area contributed by atoms with E-state index in [0.29, 0.717) is 25.4 Å². The van der Waals surface area contributed by atoms with Gasteiger partial charge in [-0.15, -0.1) is 0 Å². The molecule has 1 aromatic heterocycles. The maximum Gasteiger partial charge on any atom is 0.287 e. The van der Waals surface area contributed by atoms with Crippen molar-refractivity contribution in [3.8, 4) is 0 Å². The Hall–Kier alpha value is -1.82. The van der Waals surface area contributed by atoms with Gasteiger partial charge in [-0.3, -0.25) is 9.59 Å². The minimum Gasteiger partial charge on any atom is -0.459 e. The van der Waals surface area contributed by atoms with E-state index in [2.05, 4.69) is 10.6 Å². The van der Waals surface area contributed by atoms with E-state index in [1.165, 1.54) is 6.26 Å². The average molecular weight is 267 g/mol. The lowest BCUT2D eigenvalue weighted by Gasteiger charge is -2.14. The maximum absolute atomic E-state index is 11.6. The van der Waals surface area contributed by atoms with E-state index in [9.17, 15) is 9.59 Å². The third-order valence-electron chi connectivity index (χ3n) is 2.52. The summed E-state index contributed by atoms with van der Waals surface area (Å²) in [6.07, 6.45) is 2.08. The molecule has 0 aliphatic rings. The number of rotatable bonds is 7. The number of amides is 2. The second kappa shape index (κ2) is 7.58. The standard InChI is InChI=1S/C13H21N3O3/c1-9(2)8-10(14)12(17)15-5-6-16-13(18)11-4-3-7-19-11/h3-4,7,9-10H,5-6,8,14H2,1-2H3,(H,15,17)(H,16,18)/t10-/m0/s1. The third-order valence-corrected chi connectivity index (χ3v) is 2.52. The lowest BCUT2D eigenvalue weighted by atomic mass is 10.0. The molecule has 1 heterocycles. The van der Waals surface area contributed by atoms with Gasteiger partial charge in [0, 0.05) is 13.1 Å². The molecule has 0 fully saturated rings. The van der Waals surface area contributed by atoms with Gasteiger partial charge in [0.1, 0.15) is 0 Å². The van der Waals surface area contributed by atoms with Crippen LogP contribution in [0.1, 0.15) is 30.8 Å². The molecule has 106 valence electrons. The van der Waals surface area contributed by atoms with E-state index in [-0.39, 0.29) is 17.6 Å².